The number of methoxy groups -OCH3 is 2. The maximum atomic E-state index is 11.5. The lowest BCUT2D eigenvalue weighted by Gasteiger charge is -2.11. The molecule has 5 nitrogen and oxygen atoms in total. The molecule has 2 aromatic heterocycles. The Labute approximate surface area is 125 Å². The third-order valence-electron chi connectivity index (χ3n) is 3.28. The Kier molecular flexibility index (Phi) is 3.72. The molecule has 0 fully saturated rings. The summed E-state index contributed by atoms with van der Waals surface area (Å²) in [6, 6.07) is 7.99. The lowest BCUT2D eigenvalue weighted by Crippen LogP contribution is -2.05. The molecule has 6 heteroatoms. The third-order valence-corrected chi connectivity index (χ3v) is 4.17. The van der Waals surface area contributed by atoms with E-state index in [9.17, 15) is 4.79 Å². The van der Waals surface area contributed by atoms with E-state index < -0.39 is 5.97 Å². The van der Waals surface area contributed by atoms with Crippen LogP contribution in [0.15, 0.2) is 35.8 Å². The molecule has 0 amide bonds. The molecule has 0 aliphatic rings. The standard InChI is InChI=1S/C15H14N2O3S/c1-19-13(14-17-12(8-21-14)15(18)20-2)10-7-16-11-6-4-3-5-9(10)11/h3-8,13,16H,1-2H3. The van der Waals surface area contributed by atoms with Gasteiger partial charge in [0, 0.05) is 35.2 Å². The second-order valence-corrected chi connectivity index (χ2v) is 5.36. The molecule has 2 heterocycles. The van der Waals surface area contributed by atoms with Crippen molar-refractivity contribution in [3.63, 3.8) is 0 Å². The summed E-state index contributed by atoms with van der Waals surface area (Å²) < 4.78 is 10.3. The molecule has 0 aliphatic heterocycles. The molecule has 0 saturated heterocycles. The smallest absolute Gasteiger partial charge is 0.357 e. The molecular weight excluding hydrogens is 288 g/mol. The van der Waals surface area contributed by atoms with Crippen molar-refractivity contribution in [2.24, 2.45) is 0 Å². The Morgan fingerprint density at radius 3 is 2.90 bits per heavy atom. The largest absolute Gasteiger partial charge is 0.464 e. The van der Waals surface area contributed by atoms with Crippen molar-refractivity contribution in [2.45, 2.75) is 6.10 Å². The van der Waals surface area contributed by atoms with Crippen molar-refractivity contribution in [3.05, 3.63) is 52.1 Å². The van der Waals surface area contributed by atoms with Crippen LogP contribution in [0.2, 0.25) is 0 Å². The van der Waals surface area contributed by atoms with E-state index in [1.807, 2.05) is 30.5 Å². The first-order chi connectivity index (χ1) is 10.2. The van der Waals surface area contributed by atoms with E-state index in [4.69, 9.17) is 4.74 Å². The first-order valence-corrected chi connectivity index (χ1v) is 7.25. The summed E-state index contributed by atoms with van der Waals surface area (Å²) >= 11 is 1.38. The minimum Gasteiger partial charge on any atom is -0.464 e. The van der Waals surface area contributed by atoms with Gasteiger partial charge in [-0.2, -0.15) is 0 Å². The number of aromatic nitrogens is 2. The molecule has 1 N–H and O–H groups in total. The highest BCUT2D eigenvalue weighted by Gasteiger charge is 2.22. The highest BCUT2D eigenvalue weighted by molar-refractivity contribution is 7.09. The van der Waals surface area contributed by atoms with Crippen LogP contribution in [0, 0.1) is 0 Å². The van der Waals surface area contributed by atoms with Crippen molar-refractivity contribution < 1.29 is 14.3 Å². The van der Waals surface area contributed by atoms with Gasteiger partial charge in [-0.25, -0.2) is 9.78 Å². The number of thiazole rings is 1. The lowest BCUT2D eigenvalue weighted by atomic mass is 10.1. The van der Waals surface area contributed by atoms with E-state index in [1.54, 1.807) is 12.5 Å². The van der Waals surface area contributed by atoms with Crippen molar-refractivity contribution in [2.75, 3.05) is 14.2 Å². The van der Waals surface area contributed by atoms with Gasteiger partial charge in [-0.05, 0) is 6.07 Å². The van der Waals surface area contributed by atoms with E-state index in [1.165, 1.54) is 18.4 Å². The van der Waals surface area contributed by atoms with Crippen LogP contribution in [0.3, 0.4) is 0 Å². The Morgan fingerprint density at radius 1 is 1.33 bits per heavy atom. The minimum atomic E-state index is -0.439. The number of para-hydroxylation sites is 1. The van der Waals surface area contributed by atoms with Crippen LogP contribution in [0.5, 0.6) is 0 Å². The lowest BCUT2D eigenvalue weighted by molar-refractivity contribution is 0.0594. The Bertz CT molecular complexity index is 778. The summed E-state index contributed by atoms with van der Waals surface area (Å²) in [4.78, 5) is 19.1. The zero-order valence-corrected chi connectivity index (χ0v) is 12.4. The molecule has 0 radical (unpaired) electrons. The Balaban J connectivity index is 2.02. The highest BCUT2D eigenvalue weighted by atomic mass is 32.1. The fourth-order valence-corrected chi connectivity index (χ4v) is 3.16. The number of hydrogen-bond donors (Lipinski definition) is 1. The molecule has 21 heavy (non-hydrogen) atoms. The van der Waals surface area contributed by atoms with E-state index >= 15 is 0 Å². The van der Waals surface area contributed by atoms with Gasteiger partial charge in [0.2, 0.25) is 0 Å². The number of ether oxygens (including phenoxy) is 2. The minimum absolute atomic E-state index is 0.305. The van der Waals surface area contributed by atoms with Crippen LogP contribution in [0.1, 0.15) is 27.2 Å². The second-order valence-electron chi connectivity index (χ2n) is 4.47. The molecule has 1 unspecified atom stereocenters. The predicted molar refractivity (Wildman–Crippen MR) is 80.6 cm³/mol. The number of hydrogen-bond acceptors (Lipinski definition) is 5. The number of H-pyrrole nitrogens is 1. The Hall–Kier alpha value is -2.18. The van der Waals surface area contributed by atoms with Crippen molar-refractivity contribution in [3.8, 4) is 0 Å². The number of carbonyl (C=O) groups is 1. The molecule has 0 aliphatic carbocycles. The summed E-state index contributed by atoms with van der Waals surface area (Å²) in [7, 11) is 2.97. The van der Waals surface area contributed by atoms with Gasteiger partial charge in [-0.15, -0.1) is 11.3 Å². The van der Waals surface area contributed by atoms with Gasteiger partial charge in [0.1, 0.15) is 11.1 Å². The summed E-state index contributed by atoms with van der Waals surface area (Å²) in [5, 5.41) is 3.49. The van der Waals surface area contributed by atoms with Gasteiger partial charge >= 0.3 is 5.97 Å². The number of benzene rings is 1. The molecule has 1 aromatic carbocycles. The fraction of sp³-hybridized carbons (Fsp3) is 0.200. The summed E-state index contributed by atoms with van der Waals surface area (Å²) in [6.45, 7) is 0. The first kappa shape index (κ1) is 13.8. The maximum Gasteiger partial charge on any atom is 0.357 e. The van der Waals surface area contributed by atoms with Gasteiger partial charge in [0.25, 0.3) is 0 Å². The van der Waals surface area contributed by atoms with Gasteiger partial charge in [0.05, 0.1) is 7.11 Å². The highest BCUT2D eigenvalue weighted by Crippen LogP contribution is 2.32. The van der Waals surface area contributed by atoms with Gasteiger partial charge in [0.15, 0.2) is 5.69 Å². The molecule has 0 spiro atoms. The zero-order chi connectivity index (χ0) is 14.8. The molecular formula is C15H14N2O3S. The van der Waals surface area contributed by atoms with E-state index in [0.29, 0.717) is 5.69 Å². The number of fused-ring (bicyclic) bond motifs is 1. The molecule has 3 rings (SSSR count). The molecule has 3 aromatic rings. The SMILES string of the molecule is COC(=O)c1csc(C(OC)c2c[nH]c3ccccc23)n1. The van der Waals surface area contributed by atoms with Crippen LogP contribution in [-0.4, -0.2) is 30.2 Å². The van der Waals surface area contributed by atoms with E-state index in [-0.39, 0.29) is 6.10 Å². The number of esters is 1. The van der Waals surface area contributed by atoms with Crippen LogP contribution in [0.4, 0.5) is 0 Å². The number of carbonyl (C=O) groups excluding carboxylic acids is 1. The fourth-order valence-electron chi connectivity index (χ4n) is 2.28. The predicted octanol–water partition coefficient (Wildman–Crippen LogP) is 3.15. The van der Waals surface area contributed by atoms with Crippen LogP contribution in [0.25, 0.3) is 10.9 Å². The normalized spacial score (nSPS) is 12.5. The average Bonchev–Trinajstić information content (AvgIpc) is 3.15. The van der Waals surface area contributed by atoms with Crippen molar-refractivity contribution in [1.82, 2.24) is 9.97 Å². The summed E-state index contributed by atoms with van der Waals surface area (Å²) in [5.74, 6) is -0.439. The topological polar surface area (TPSA) is 64.2 Å². The maximum absolute atomic E-state index is 11.5. The number of aromatic amines is 1. The van der Waals surface area contributed by atoms with Gasteiger partial charge in [-0.3, -0.25) is 0 Å². The number of rotatable bonds is 4. The molecule has 0 bridgehead atoms. The monoisotopic (exact) mass is 302 g/mol. The third kappa shape index (κ3) is 2.43. The van der Waals surface area contributed by atoms with Crippen molar-refractivity contribution in [1.29, 1.82) is 0 Å². The van der Waals surface area contributed by atoms with E-state index in [2.05, 4.69) is 14.7 Å². The van der Waals surface area contributed by atoms with Gasteiger partial charge in [-0.1, -0.05) is 18.2 Å². The average molecular weight is 302 g/mol. The van der Waals surface area contributed by atoms with Crippen LogP contribution in [-0.2, 0) is 9.47 Å². The van der Waals surface area contributed by atoms with Crippen LogP contribution < -0.4 is 0 Å². The number of nitrogens with one attached hydrogen (secondary N) is 1. The quantitative estimate of drug-likeness (QED) is 0.752. The van der Waals surface area contributed by atoms with E-state index in [0.717, 1.165) is 21.5 Å². The first-order valence-electron chi connectivity index (χ1n) is 6.37. The summed E-state index contributed by atoms with van der Waals surface area (Å²) in [6.07, 6.45) is 1.60. The second kappa shape index (κ2) is 5.67. The van der Waals surface area contributed by atoms with Gasteiger partial charge < -0.3 is 14.5 Å². The number of nitrogens with zero attached hydrogens (tertiary/aromatic N) is 1. The molecule has 108 valence electrons. The van der Waals surface area contributed by atoms with Crippen molar-refractivity contribution >= 4 is 28.2 Å². The zero-order valence-electron chi connectivity index (χ0n) is 11.6. The molecule has 1 atom stereocenters. The Morgan fingerprint density at radius 2 is 2.14 bits per heavy atom. The molecule has 0 saturated carbocycles. The summed E-state index contributed by atoms with van der Waals surface area (Å²) in [5.41, 5.74) is 2.34. The van der Waals surface area contributed by atoms with Crippen LogP contribution >= 0.6 is 11.3 Å².